The summed E-state index contributed by atoms with van der Waals surface area (Å²) in [6, 6.07) is 9.64. The maximum absolute atomic E-state index is 11.9. The highest BCUT2D eigenvalue weighted by Crippen LogP contribution is 2.06. The Morgan fingerprint density at radius 2 is 1.90 bits per heavy atom. The van der Waals surface area contributed by atoms with Crippen LogP contribution in [0.25, 0.3) is 0 Å². The molecule has 0 saturated heterocycles. The molecule has 0 radical (unpaired) electrons. The molecule has 0 saturated carbocycles. The van der Waals surface area contributed by atoms with Crippen LogP contribution in [0.5, 0.6) is 0 Å². The van der Waals surface area contributed by atoms with Gasteiger partial charge in [0.25, 0.3) is 0 Å². The molecule has 1 amide bonds. The van der Waals surface area contributed by atoms with Crippen LogP contribution >= 0.6 is 0 Å². The van der Waals surface area contributed by atoms with Gasteiger partial charge in [-0.2, -0.15) is 0 Å². The monoisotopic (exact) mass is 289 g/mol. The standard InChI is InChI=1S/C17H23NO3/c1-13(2)11-16(19)18-15(9-6-10-17(20)21)12-14-7-4-3-5-8-14/h3-9,13,15H,10-12H2,1-2H3,(H,18,19)(H,20,21)/b9-6+/t15-/m1/s1. The Kier molecular flexibility index (Phi) is 7.23. The van der Waals surface area contributed by atoms with Crippen molar-refractivity contribution in [3.63, 3.8) is 0 Å². The first kappa shape index (κ1) is 17.0. The summed E-state index contributed by atoms with van der Waals surface area (Å²) in [5, 5.41) is 11.6. The van der Waals surface area contributed by atoms with Gasteiger partial charge in [-0.1, -0.05) is 56.3 Å². The molecule has 21 heavy (non-hydrogen) atoms. The van der Waals surface area contributed by atoms with Gasteiger partial charge in [0.2, 0.25) is 5.91 Å². The smallest absolute Gasteiger partial charge is 0.307 e. The topological polar surface area (TPSA) is 66.4 Å². The first-order chi connectivity index (χ1) is 9.97. The zero-order valence-electron chi connectivity index (χ0n) is 12.6. The van der Waals surface area contributed by atoms with Gasteiger partial charge in [0.1, 0.15) is 0 Å². The van der Waals surface area contributed by atoms with Crippen LogP contribution in [-0.4, -0.2) is 23.0 Å². The second-order valence-electron chi connectivity index (χ2n) is 5.49. The highest BCUT2D eigenvalue weighted by atomic mass is 16.4. The van der Waals surface area contributed by atoms with Gasteiger partial charge in [0.05, 0.1) is 12.5 Å². The van der Waals surface area contributed by atoms with Gasteiger partial charge in [0.15, 0.2) is 0 Å². The number of benzene rings is 1. The van der Waals surface area contributed by atoms with Crippen LogP contribution in [0.1, 0.15) is 32.3 Å². The fraction of sp³-hybridized carbons (Fsp3) is 0.412. The number of amides is 1. The summed E-state index contributed by atoms with van der Waals surface area (Å²) in [7, 11) is 0. The predicted molar refractivity (Wildman–Crippen MR) is 82.9 cm³/mol. The van der Waals surface area contributed by atoms with E-state index < -0.39 is 5.97 Å². The number of nitrogens with one attached hydrogen (secondary N) is 1. The quantitative estimate of drug-likeness (QED) is 0.723. The van der Waals surface area contributed by atoms with Crippen molar-refractivity contribution in [2.45, 2.75) is 39.2 Å². The number of carboxylic acid groups (broad SMARTS) is 1. The summed E-state index contributed by atoms with van der Waals surface area (Å²) in [6.07, 6.45) is 4.44. The zero-order valence-corrected chi connectivity index (χ0v) is 12.6. The Morgan fingerprint density at radius 1 is 1.24 bits per heavy atom. The molecule has 0 aliphatic heterocycles. The highest BCUT2D eigenvalue weighted by molar-refractivity contribution is 5.76. The van der Waals surface area contributed by atoms with Gasteiger partial charge in [-0.3, -0.25) is 9.59 Å². The van der Waals surface area contributed by atoms with Crippen LogP contribution in [0.4, 0.5) is 0 Å². The fourth-order valence-corrected chi connectivity index (χ4v) is 2.00. The first-order valence-corrected chi connectivity index (χ1v) is 7.19. The molecule has 1 rings (SSSR count). The molecule has 0 aliphatic rings. The number of hydrogen-bond donors (Lipinski definition) is 2. The molecule has 1 aromatic carbocycles. The summed E-state index contributed by atoms with van der Waals surface area (Å²) >= 11 is 0. The average molecular weight is 289 g/mol. The maximum atomic E-state index is 11.9. The van der Waals surface area contributed by atoms with Crippen molar-refractivity contribution in [1.82, 2.24) is 5.32 Å². The van der Waals surface area contributed by atoms with Crippen molar-refractivity contribution in [1.29, 1.82) is 0 Å². The number of aliphatic carboxylic acids is 1. The number of carbonyl (C=O) groups excluding carboxylic acids is 1. The lowest BCUT2D eigenvalue weighted by Crippen LogP contribution is -2.35. The number of carboxylic acids is 1. The summed E-state index contributed by atoms with van der Waals surface area (Å²) < 4.78 is 0. The molecule has 4 heteroatoms. The summed E-state index contributed by atoms with van der Waals surface area (Å²) in [5.41, 5.74) is 1.10. The van der Waals surface area contributed by atoms with Crippen molar-refractivity contribution in [2.75, 3.05) is 0 Å². The van der Waals surface area contributed by atoms with Gasteiger partial charge in [0, 0.05) is 6.42 Å². The molecule has 114 valence electrons. The Hall–Kier alpha value is -2.10. The second kappa shape index (κ2) is 8.95. The SMILES string of the molecule is CC(C)CC(=O)N[C@H](/C=C/CC(=O)O)Cc1ccccc1. The third kappa shape index (κ3) is 7.92. The molecular weight excluding hydrogens is 266 g/mol. The van der Waals surface area contributed by atoms with E-state index in [1.54, 1.807) is 12.2 Å². The van der Waals surface area contributed by atoms with Crippen molar-refractivity contribution in [3.05, 3.63) is 48.0 Å². The summed E-state index contributed by atoms with van der Waals surface area (Å²) in [6.45, 7) is 3.98. The van der Waals surface area contributed by atoms with E-state index in [2.05, 4.69) is 5.32 Å². The van der Waals surface area contributed by atoms with Gasteiger partial charge in [-0.25, -0.2) is 0 Å². The number of hydrogen-bond acceptors (Lipinski definition) is 2. The maximum Gasteiger partial charge on any atom is 0.307 e. The molecule has 1 aromatic rings. The molecule has 0 unspecified atom stereocenters. The third-order valence-electron chi connectivity index (χ3n) is 2.90. The van der Waals surface area contributed by atoms with Crippen LogP contribution in [0.15, 0.2) is 42.5 Å². The summed E-state index contributed by atoms with van der Waals surface area (Å²) in [4.78, 5) is 22.5. The van der Waals surface area contributed by atoms with E-state index in [1.165, 1.54) is 0 Å². The van der Waals surface area contributed by atoms with Crippen molar-refractivity contribution >= 4 is 11.9 Å². The minimum Gasteiger partial charge on any atom is -0.481 e. The highest BCUT2D eigenvalue weighted by Gasteiger charge is 2.11. The number of carbonyl (C=O) groups is 2. The molecule has 0 heterocycles. The molecule has 4 nitrogen and oxygen atoms in total. The molecule has 0 bridgehead atoms. The third-order valence-corrected chi connectivity index (χ3v) is 2.90. The first-order valence-electron chi connectivity index (χ1n) is 7.19. The van der Waals surface area contributed by atoms with Crippen molar-refractivity contribution < 1.29 is 14.7 Å². The van der Waals surface area contributed by atoms with Gasteiger partial charge >= 0.3 is 5.97 Å². The van der Waals surface area contributed by atoms with Gasteiger partial charge in [-0.05, 0) is 17.9 Å². The van der Waals surface area contributed by atoms with E-state index in [0.717, 1.165) is 5.56 Å². The normalized spacial score (nSPS) is 12.5. The lowest BCUT2D eigenvalue weighted by Gasteiger charge is -2.16. The number of rotatable bonds is 8. The Bertz CT molecular complexity index is 480. The zero-order chi connectivity index (χ0) is 15.7. The minimum atomic E-state index is -0.877. The van der Waals surface area contributed by atoms with E-state index in [-0.39, 0.29) is 18.4 Å². The van der Waals surface area contributed by atoms with Crippen molar-refractivity contribution in [3.8, 4) is 0 Å². The van der Waals surface area contributed by atoms with Crippen LogP contribution in [0, 0.1) is 5.92 Å². The molecule has 2 N–H and O–H groups in total. The van der Waals surface area contributed by atoms with E-state index in [4.69, 9.17) is 5.11 Å². The second-order valence-corrected chi connectivity index (χ2v) is 5.49. The van der Waals surface area contributed by atoms with Gasteiger partial charge < -0.3 is 10.4 Å². The molecule has 0 spiro atoms. The van der Waals surface area contributed by atoms with E-state index in [0.29, 0.717) is 18.8 Å². The average Bonchev–Trinajstić information content (AvgIpc) is 2.38. The Balaban J connectivity index is 2.67. The fourth-order valence-electron chi connectivity index (χ4n) is 2.00. The van der Waals surface area contributed by atoms with Crippen molar-refractivity contribution in [2.24, 2.45) is 5.92 Å². The van der Waals surface area contributed by atoms with Crippen LogP contribution in [0.2, 0.25) is 0 Å². The largest absolute Gasteiger partial charge is 0.481 e. The lowest BCUT2D eigenvalue weighted by atomic mass is 10.0. The Labute approximate surface area is 125 Å². The predicted octanol–water partition coefficient (Wildman–Crippen LogP) is 2.79. The van der Waals surface area contributed by atoms with Crippen LogP contribution < -0.4 is 5.32 Å². The molecule has 0 fully saturated rings. The van der Waals surface area contributed by atoms with E-state index in [1.807, 2.05) is 44.2 Å². The Morgan fingerprint density at radius 3 is 2.48 bits per heavy atom. The van der Waals surface area contributed by atoms with Gasteiger partial charge in [-0.15, -0.1) is 0 Å². The van der Waals surface area contributed by atoms with E-state index in [9.17, 15) is 9.59 Å². The molecular formula is C17H23NO3. The molecule has 0 aromatic heterocycles. The molecule has 0 aliphatic carbocycles. The minimum absolute atomic E-state index is 0.00842. The van der Waals surface area contributed by atoms with E-state index >= 15 is 0 Å². The summed E-state index contributed by atoms with van der Waals surface area (Å²) in [5.74, 6) is -0.588. The lowest BCUT2D eigenvalue weighted by molar-refractivity contribution is -0.136. The molecule has 1 atom stereocenters. The van der Waals surface area contributed by atoms with Crippen LogP contribution in [0.3, 0.4) is 0 Å². The van der Waals surface area contributed by atoms with Crippen LogP contribution in [-0.2, 0) is 16.0 Å².